The number of thiophene rings is 1. The van der Waals surface area contributed by atoms with E-state index in [4.69, 9.17) is 0 Å². The van der Waals surface area contributed by atoms with Gasteiger partial charge in [0.1, 0.15) is 4.21 Å². The zero-order valence-corrected chi connectivity index (χ0v) is 12.5. The summed E-state index contributed by atoms with van der Waals surface area (Å²) in [5, 5.41) is 4.95. The minimum atomic E-state index is -3.26. The summed E-state index contributed by atoms with van der Waals surface area (Å²) in [6.07, 6.45) is 2.05. The van der Waals surface area contributed by atoms with Gasteiger partial charge in [-0.05, 0) is 36.4 Å². The molecule has 1 N–H and O–H groups in total. The largest absolute Gasteiger partial charge is 0.316 e. The second-order valence-electron chi connectivity index (χ2n) is 4.73. The first-order valence-electron chi connectivity index (χ1n) is 6.30. The molecule has 1 unspecified atom stereocenters. The van der Waals surface area contributed by atoms with E-state index in [-0.39, 0.29) is 0 Å². The van der Waals surface area contributed by atoms with Gasteiger partial charge in [-0.15, -0.1) is 11.3 Å². The van der Waals surface area contributed by atoms with Gasteiger partial charge in [0.25, 0.3) is 10.0 Å². The molecule has 1 aliphatic heterocycles. The lowest BCUT2D eigenvalue weighted by Gasteiger charge is -2.14. The smallest absolute Gasteiger partial charge is 0.252 e. The third kappa shape index (κ3) is 2.77. The Morgan fingerprint density at radius 1 is 1.56 bits per heavy atom. The zero-order chi connectivity index (χ0) is 13.2. The molecule has 1 saturated heterocycles. The Kier molecular flexibility index (Phi) is 4.42. The molecule has 102 valence electrons. The van der Waals surface area contributed by atoms with E-state index in [9.17, 15) is 8.42 Å². The van der Waals surface area contributed by atoms with Crippen LogP contribution in [-0.4, -0.2) is 32.9 Å². The first kappa shape index (κ1) is 14.0. The standard InChI is InChI=1S/C12H20N2O2S2/c1-3-10-4-5-14(8-10)18(15,16)12-6-11(7-13-2)9-17-12/h6,9-10,13H,3-5,7-8H2,1-2H3. The second kappa shape index (κ2) is 5.69. The number of rotatable bonds is 5. The van der Waals surface area contributed by atoms with Gasteiger partial charge in [0.15, 0.2) is 0 Å². The number of sulfonamides is 1. The van der Waals surface area contributed by atoms with Crippen molar-refractivity contribution in [2.75, 3.05) is 20.1 Å². The molecule has 4 nitrogen and oxygen atoms in total. The molecular weight excluding hydrogens is 268 g/mol. The van der Waals surface area contributed by atoms with Gasteiger partial charge in [0.05, 0.1) is 0 Å². The van der Waals surface area contributed by atoms with E-state index in [0.29, 0.717) is 29.8 Å². The fourth-order valence-electron chi connectivity index (χ4n) is 2.26. The highest BCUT2D eigenvalue weighted by molar-refractivity contribution is 7.91. The number of hydrogen-bond acceptors (Lipinski definition) is 4. The average molecular weight is 288 g/mol. The highest BCUT2D eigenvalue weighted by atomic mass is 32.2. The van der Waals surface area contributed by atoms with Crippen molar-refractivity contribution >= 4 is 21.4 Å². The van der Waals surface area contributed by atoms with Crippen molar-refractivity contribution in [3.05, 3.63) is 17.0 Å². The van der Waals surface area contributed by atoms with Gasteiger partial charge >= 0.3 is 0 Å². The van der Waals surface area contributed by atoms with Crippen LogP contribution in [0.2, 0.25) is 0 Å². The van der Waals surface area contributed by atoms with Crippen molar-refractivity contribution in [2.45, 2.75) is 30.5 Å². The first-order chi connectivity index (χ1) is 8.57. The Hall–Kier alpha value is -0.430. The lowest BCUT2D eigenvalue weighted by molar-refractivity contribution is 0.454. The monoisotopic (exact) mass is 288 g/mol. The van der Waals surface area contributed by atoms with Crippen LogP contribution in [0.3, 0.4) is 0 Å². The molecule has 0 spiro atoms. The minimum absolute atomic E-state index is 0.476. The lowest BCUT2D eigenvalue weighted by atomic mass is 10.1. The van der Waals surface area contributed by atoms with E-state index < -0.39 is 10.0 Å². The van der Waals surface area contributed by atoms with Crippen molar-refractivity contribution < 1.29 is 8.42 Å². The van der Waals surface area contributed by atoms with E-state index in [2.05, 4.69) is 12.2 Å². The van der Waals surface area contributed by atoms with Crippen LogP contribution in [-0.2, 0) is 16.6 Å². The molecule has 2 rings (SSSR count). The molecule has 2 heterocycles. The summed E-state index contributed by atoms with van der Waals surface area (Å²) >= 11 is 1.32. The van der Waals surface area contributed by atoms with Gasteiger partial charge in [-0.25, -0.2) is 8.42 Å². The van der Waals surface area contributed by atoms with Crippen LogP contribution in [0, 0.1) is 5.92 Å². The maximum atomic E-state index is 12.4. The molecule has 0 aromatic carbocycles. The summed E-state index contributed by atoms with van der Waals surface area (Å²) in [6, 6.07) is 1.79. The quantitative estimate of drug-likeness (QED) is 0.900. The molecule has 18 heavy (non-hydrogen) atoms. The normalized spacial score (nSPS) is 21.6. The third-order valence-corrected chi connectivity index (χ3v) is 6.76. The molecule has 0 bridgehead atoms. The van der Waals surface area contributed by atoms with Gasteiger partial charge in [-0.2, -0.15) is 4.31 Å². The van der Waals surface area contributed by atoms with Crippen LogP contribution in [0.5, 0.6) is 0 Å². The maximum absolute atomic E-state index is 12.4. The number of nitrogens with one attached hydrogen (secondary N) is 1. The van der Waals surface area contributed by atoms with E-state index >= 15 is 0 Å². The Morgan fingerprint density at radius 3 is 2.94 bits per heavy atom. The van der Waals surface area contributed by atoms with Crippen LogP contribution in [0.1, 0.15) is 25.3 Å². The molecule has 6 heteroatoms. The van der Waals surface area contributed by atoms with Crippen LogP contribution in [0.15, 0.2) is 15.7 Å². The van der Waals surface area contributed by atoms with Crippen LogP contribution >= 0.6 is 11.3 Å². The van der Waals surface area contributed by atoms with E-state index in [1.807, 2.05) is 12.4 Å². The molecule has 1 fully saturated rings. The number of hydrogen-bond donors (Lipinski definition) is 1. The molecule has 0 radical (unpaired) electrons. The minimum Gasteiger partial charge on any atom is -0.316 e. The Morgan fingerprint density at radius 2 is 2.33 bits per heavy atom. The summed E-state index contributed by atoms with van der Waals surface area (Å²) in [6.45, 7) is 4.18. The predicted molar refractivity (Wildman–Crippen MR) is 74.2 cm³/mol. The van der Waals surface area contributed by atoms with Gasteiger partial charge in [-0.1, -0.05) is 13.3 Å². The van der Waals surface area contributed by atoms with E-state index in [0.717, 1.165) is 18.4 Å². The molecule has 1 aliphatic rings. The van der Waals surface area contributed by atoms with Crippen molar-refractivity contribution in [1.82, 2.24) is 9.62 Å². The van der Waals surface area contributed by atoms with Crippen molar-refractivity contribution in [1.29, 1.82) is 0 Å². The lowest BCUT2D eigenvalue weighted by Crippen LogP contribution is -2.28. The summed E-state index contributed by atoms with van der Waals surface area (Å²) < 4.78 is 27.0. The van der Waals surface area contributed by atoms with Gasteiger partial charge in [0.2, 0.25) is 0 Å². The summed E-state index contributed by atoms with van der Waals surface area (Å²) in [5.41, 5.74) is 1.03. The molecule has 1 atom stereocenters. The highest BCUT2D eigenvalue weighted by Gasteiger charge is 2.32. The fraction of sp³-hybridized carbons (Fsp3) is 0.667. The Labute approximate surface area is 113 Å². The van der Waals surface area contributed by atoms with Gasteiger partial charge in [0, 0.05) is 19.6 Å². The average Bonchev–Trinajstić information content (AvgIpc) is 2.98. The zero-order valence-electron chi connectivity index (χ0n) is 10.8. The van der Waals surface area contributed by atoms with Gasteiger partial charge < -0.3 is 5.32 Å². The third-order valence-electron chi connectivity index (χ3n) is 3.43. The Bertz CT molecular complexity index is 496. The molecule has 0 aliphatic carbocycles. The van der Waals surface area contributed by atoms with Crippen LogP contribution in [0.4, 0.5) is 0 Å². The van der Waals surface area contributed by atoms with Crippen LogP contribution < -0.4 is 5.32 Å². The van der Waals surface area contributed by atoms with E-state index in [1.165, 1.54) is 11.3 Å². The maximum Gasteiger partial charge on any atom is 0.252 e. The SMILES string of the molecule is CCC1CCN(S(=O)(=O)c2cc(CNC)cs2)C1. The summed E-state index contributed by atoms with van der Waals surface area (Å²) in [7, 11) is -1.40. The Balaban J connectivity index is 2.15. The molecule has 1 aromatic heterocycles. The predicted octanol–water partition coefficient (Wildman–Crippen LogP) is 1.89. The highest BCUT2D eigenvalue weighted by Crippen LogP contribution is 2.29. The number of nitrogens with zero attached hydrogens (tertiary/aromatic N) is 1. The topological polar surface area (TPSA) is 49.4 Å². The molecule has 1 aromatic rings. The molecule has 0 amide bonds. The van der Waals surface area contributed by atoms with E-state index in [1.54, 1.807) is 10.4 Å². The van der Waals surface area contributed by atoms with Gasteiger partial charge in [-0.3, -0.25) is 0 Å². The van der Waals surface area contributed by atoms with Crippen molar-refractivity contribution in [2.24, 2.45) is 5.92 Å². The van der Waals surface area contributed by atoms with Crippen molar-refractivity contribution in [3.63, 3.8) is 0 Å². The van der Waals surface area contributed by atoms with Crippen LogP contribution in [0.25, 0.3) is 0 Å². The molecule has 0 saturated carbocycles. The van der Waals surface area contributed by atoms with Crippen molar-refractivity contribution in [3.8, 4) is 0 Å². The summed E-state index contributed by atoms with van der Waals surface area (Å²) in [5.74, 6) is 0.525. The fourth-order valence-corrected chi connectivity index (χ4v) is 5.15. The molecular formula is C12H20N2O2S2. The second-order valence-corrected chi connectivity index (χ2v) is 7.81. The first-order valence-corrected chi connectivity index (χ1v) is 8.62. The summed E-state index contributed by atoms with van der Waals surface area (Å²) in [4.78, 5) is 0.